The standard InChI is InChI=1S/C13H16ClN3/c1-9-5-4-6-12(14)13(9)15-8-11-7-10(2)16-17(11)3/h4-7,15H,8H2,1-3H3. The maximum Gasteiger partial charge on any atom is 0.0640 e. The summed E-state index contributed by atoms with van der Waals surface area (Å²) in [5.74, 6) is 0. The summed E-state index contributed by atoms with van der Waals surface area (Å²) in [5, 5.41) is 8.42. The van der Waals surface area contributed by atoms with Crippen molar-refractivity contribution in [3.8, 4) is 0 Å². The molecule has 2 aromatic rings. The first-order valence-electron chi connectivity index (χ1n) is 5.56. The second kappa shape index (κ2) is 4.80. The topological polar surface area (TPSA) is 29.9 Å². The fourth-order valence-electron chi connectivity index (χ4n) is 1.86. The van der Waals surface area contributed by atoms with Crippen LogP contribution < -0.4 is 5.32 Å². The third-order valence-electron chi connectivity index (χ3n) is 2.77. The van der Waals surface area contributed by atoms with Gasteiger partial charge in [0.2, 0.25) is 0 Å². The van der Waals surface area contributed by atoms with Gasteiger partial charge in [0.1, 0.15) is 0 Å². The van der Waals surface area contributed by atoms with E-state index in [0.29, 0.717) is 0 Å². The summed E-state index contributed by atoms with van der Waals surface area (Å²) in [6.07, 6.45) is 0. The van der Waals surface area contributed by atoms with Gasteiger partial charge in [-0.15, -0.1) is 0 Å². The SMILES string of the molecule is Cc1cc(CNc2c(C)cccc2Cl)n(C)n1. The molecule has 1 aromatic heterocycles. The number of para-hydroxylation sites is 1. The number of halogens is 1. The van der Waals surface area contributed by atoms with Crippen molar-refractivity contribution in [1.82, 2.24) is 9.78 Å². The summed E-state index contributed by atoms with van der Waals surface area (Å²) < 4.78 is 1.88. The lowest BCUT2D eigenvalue weighted by atomic mass is 10.2. The predicted molar refractivity (Wildman–Crippen MR) is 71.5 cm³/mol. The van der Waals surface area contributed by atoms with Crippen molar-refractivity contribution in [2.45, 2.75) is 20.4 Å². The molecule has 0 radical (unpaired) electrons. The molecular formula is C13H16ClN3. The fraction of sp³-hybridized carbons (Fsp3) is 0.308. The average molecular weight is 250 g/mol. The van der Waals surface area contributed by atoms with E-state index in [1.165, 1.54) is 0 Å². The molecule has 3 nitrogen and oxygen atoms in total. The van der Waals surface area contributed by atoms with Gasteiger partial charge in [0, 0.05) is 7.05 Å². The third-order valence-corrected chi connectivity index (χ3v) is 3.08. The van der Waals surface area contributed by atoms with Crippen molar-refractivity contribution in [2.75, 3.05) is 5.32 Å². The summed E-state index contributed by atoms with van der Waals surface area (Å²) in [5.41, 5.74) is 4.31. The summed E-state index contributed by atoms with van der Waals surface area (Å²) in [6.45, 7) is 4.76. The zero-order chi connectivity index (χ0) is 12.4. The minimum absolute atomic E-state index is 0.724. The fourth-order valence-corrected chi connectivity index (χ4v) is 2.15. The van der Waals surface area contributed by atoms with Crippen LogP contribution in [0.1, 0.15) is 17.0 Å². The van der Waals surface area contributed by atoms with E-state index >= 15 is 0 Å². The number of aromatic nitrogens is 2. The van der Waals surface area contributed by atoms with Crippen LogP contribution in [0.4, 0.5) is 5.69 Å². The van der Waals surface area contributed by atoms with Crippen LogP contribution in [-0.2, 0) is 13.6 Å². The predicted octanol–water partition coefficient (Wildman–Crippen LogP) is 3.30. The van der Waals surface area contributed by atoms with Gasteiger partial charge in [-0.05, 0) is 31.5 Å². The molecule has 0 saturated heterocycles. The number of nitrogens with one attached hydrogen (secondary N) is 1. The Morgan fingerprint density at radius 2 is 2.12 bits per heavy atom. The zero-order valence-corrected chi connectivity index (χ0v) is 11.0. The molecular weight excluding hydrogens is 234 g/mol. The first kappa shape index (κ1) is 12.0. The third kappa shape index (κ3) is 2.61. The molecule has 90 valence electrons. The van der Waals surface area contributed by atoms with E-state index in [0.717, 1.165) is 34.2 Å². The normalized spacial score (nSPS) is 10.6. The Morgan fingerprint density at radius 1 is 1.35 bits per heavy atom. The zero-order valence-electron chi connectivity index (χ0n) is 10.3. The molecule has 0 aliphatic carbocycles. The number of rotatable bonds is 3. The van der Waals surface area contributed by atoms with Crippen LogP contribution >= 0.6 is 11.6 Å². The number of anilines is 1. The largest absolute Gasteiger partial charge is 0.378 e. The molecule has 17 heavy (non-hydrogen) atoms. The smallest absolute Gasteiger partial charge is 0.0640 e. The molecule has 0 aliphatic heterocycles. The highest BCUT2D eigenvalue weighted by Crippen LogP contribution is 2.25. The summed E-state index contributed by atoms with van der Waals surface area (Å²) in [7, 11) is 1.95. The van der Waals surface area contributed by atoms with E-state index in [1.807, 2.05) is 43.8 Å². The van der Waals surface area contributed by atoms with Crippen molar-refractivity contribution < 1.29 is 0 Å². The molecule has 0 unspecified atom stereocenters. The van der Waals surface area contributed by atoms with E-state index in [4.69, 9.17) is 11.6 Å². The second-order valence-electron chi connectivity index (χ2n) is 4.19. The highest BCUT2D eigenvalue weighted by molar-refractivity contribution is 6.33. The van der Waals surface area contributed by atoms with E-state index in [1.54, 1.807) is 0 Å². The Morgan fingerprint density at radius 3 is 2.71 bits per heavy atom. The van der Waals surface area contributed by atoms with Crippen LogP contribution in [0.5, 0.6) is 0 Å². The molecule has 0 aliphatic rings. The molecule has 0 saturated carbocycles. The minimum Gasteiger partial charge on any atom is -0.378 e. The number of aryl methyl sites for hydroxylation is 3. The molecule has 1 heterocycles. The molecule has 0 bridgehead atoms. The minimum atomic E-state index is 0.724. The highest BCUT2D eigenvalue weighted by Gasteiger charge is 2.05. The van der Waals surface area contributed by atoms with Crippen LogP contribution in [0.2, 0.25) is 5.02 Å². The van der Waals surface area contributed by atoms with E-state index < -0.39 is 0 Å². The maximum absolute atomic E-state index is 6.16. The molecule has 0 atom stereocenters. The Kier molecular flexibility index (Phi) is 3.38. The van der Waals surface area contributed by atoms with Gasteiger partial charge in [-0.2, -0.15) is 5.10 Å². The van der Waals surface area contributed by atoms with Gasteiger partial charge in [0.15, 0.2) is 0 Å². The van der Waals surface area contributed by atoms with E-state index in [9.17, 15) is 0 Å². The number of hydrogen-bond acceptors (Lipinski definition) is 2. The van der Waals surface area contributed by atoms with Gasteiger partial charge >= 0.3 is 0 Å². The lowest BCUT2D eigenvalue weighted by Crippen LogP contribution is -2.06. The monoisotopic (exact) mass is 249 g/mol. The molecule has 0 fully saturated rings. The summed E-state index contributed by atoms with van der Waals surface area (Å²) in [6, 6.07) is 7.96. The summed E-state index contributed by atoms with van der Waals surface area (Å²) >= 11 is 6.16. The Hall–Kier alpha value is -1.48. The molecule has 0 amide bonds. The lowest BCUT2D eigenvalue weighted by Gasteiger charge is -2.11. The van der Waals surface area contributed by atoms with Crippen LogP contribution in [-0.4, -0.2) is 9.78 Å². The van der Waals surface area contributed by atoms with Gasteiger partial charge in [-0.3, -0.25) is 4.68 Å². The second-order valence-corrected chi connectivity index (χ2v) is 4.59. The first-order valence-corrected chi connectivity index (χ1v) is 5.94. The van der Waals surface area contributed by atoms with E-state index in [2.05, 4.69) is 16.5 Å². The van der Waals surface area contributed by atoms with E-state index in [-0.39, 0.29) is 0 Å². The van der Waals surface area contributed by atoms with Gasteiger partial charge in [0.05, 0.1) is 28.6 Å². The van der Waals surface area contributed by atoms with Gasteiger partial charge in [-0.1, -0.05) is 23.7 Å². The number of benzene rings is 1. The average Bonchev–Trinajstić information content (AvgIpc) is 2.57. The molecule has 2 rings (SSSR count). The van der Waals surface area contributed by atoms with Crippen molar-refractivity contribution in [3.05, 3.63) is 46.2 Å². The quantitative estimate of drug-likeness (QED) is 0.905. The molecule has 4 heteroatoms. The summed E-state index contributed by atoms with van der Waals surface area (Å²) in [4.78, 5) is 0. The first-order chi connectivity index (χ1) is 8.08. The Balaban J connectivity index is 2.15. The molecule has 0 spiro atoms. The highest BCUT2D eigenvalue weighted by atomic mass is 35.5. The van der Waals surface area contributed by atoms with Crippen LogP contribution in [0.25, 0.3) is 0 Å². The van der Waals surface area contributed by atoms with Crippen LogP contribution in [0.3, 0.4) is 0 Å². The molecule has 1 aromatic carbocycles. The van der Waals surface area contributed by atoms with Crippen LogP contribution in [0, 0.1) is 13.8 Å². The van der Waals surface area contributed by atoms with Crippen LogP contribution in [0.15, 0.2) is 24.3 Å². The number of nitrogens with zero attached hydrogens (tertiary/aromatic N) is 2. The van der Waals surface area contributed by atoms with Gasteiger partial charge in [-0.25, -0.2) is 0 Å². The van der Waals surface area contributed by atoms with Crippen molar-refractivity contribution in [3.63, 3.8) is 0 Å². The van der Waals surface area contributed by atoms with Crippen molar-refractivity contribution in [2.24, 2.45) is 7.05 Å². The van der Waals surface area contributed by atoms with Gasteiger partial charge < -0.3 is 5.32 Å². The maximum atomic E-state index is 6.16. The Bertz CT molecular complexity index is 511. The van der Waals surface area contributed by atoms with Crippen molar-refractivity contribution >= 4 is 17.3 Å². The Labute approximate surface area is 106 Å². The van der Waals surface area contributed by atoms with Gasteiger partial charge in [0.25, 0.3) is 0 Å². The molecule has 1 N–H and O–H groups in total. The lowest BCUT2D eigenvalue weighted by molar-refractivity contribution is 0.713. The van der Waals surface area contributed by atoms with Crippen molar-refractivity contribution in [1.29, 1.82) is 0 Å². The number of hydrogen-bond donors (Lipinski definition) is 1.